The van der Waals surface area contributed by atoms with E-state index in [1.807, 2.05) is 0 Å². The van der Waals surface area contributed by atoms with Crippen LogP contribution in [0.1, 0.15) is 18.4 Å². The molecular weight excluding hydrogens is 360 g/mol. The molecule has 0 amide bonds. The molecule has 1 aromatic carbocycles. The standard InChI is InChI=1S/C18H22O9/c1-25-13-7-10(3-5-11(13)19)4-6-15(21)27-14-9-18(24,17(23)26-2)8-12(20)16(14)22/h3-7,12,14,16,19-20,22,24H,8-9H2,1-2H3/t12-,14-,16-,18+/m0/s1. The van der Waals surface area contributed by atoms with E-state index in [1.165, 1.54) is 31.4 Å². The van der Waals surface area contributed by atoms with Crippen LogP contribution in [0.25, 0.3) is 6.08 Å². The van der Waals surface area contributed by atoms with Crippen molar-refractivity contribution in [2.45, 2.75) is 36.8 Å². The molecule has 1 saturated carbocycles. The number of benzene rings is 1. The second kappa shape index (κ2) is 8.38. The van der Waals surface area contributed by atoms with E-state index in [9.17, 15) is 30.0 Å². The molecule has 2 rings (SSSR count). The van der Waals surface area contributed by atoms with Crippen molar-refractivity contribution >= 4 is 18.0 Å². The highest BCUT2D eigenvalue weighted by Gasteiger charge is 2.50. The van der Waals surface area contributed by atoms with Gasteiger partial charge in [-0.15, -0.1) is 0 Å². The summed E-state index contributed by atoms with van der Waals surface area (Å²) in [6.45, 7) is 0. The molecule has 0 aromatic heterocycles. The molecule has 0 bridgehead atoms. The molecule has 0 unspecified atom stereocenters. The molecule has 0 radical (unpaired) electrons. The van der Waals surface area contributed by atoms with Gasteiger partial charge >= 0.3 is 11.9 Å². The molecule has 1 aliphatic rings. The Balaban J connectivity index is 2.08. The first kappa shape index (κ1) is 20.7. The monoisotopic (exact) mass is 382 g/mol. The van der Waals surface area contributed by atoms with Crippen LogP contribution in [0, 0.1) is 0 Å². The number of carbonyl (C=O) groups excluding carboxylic acids is 2. The first-order chi connectivity index (χ1) is 12.7. The number of aliphatic hydroxyl groups excluding tert-OH is 2. The number of esters is 2. The SMILES string of the molecule is COC(=O)[C@]1(O)C[C@H](OC(=O)C=Cc2ccc(O)c(OC)c2)[C@@H](O)[C@@H](O)C1. The minimum atomic E-state index is -2.06. The molecule has 27 heavy (non-hydrogen) atoms. The van der Waals surface area contributed by atoms with Crippen LogP contribution in [0.2, 0.25) is 0 Å². The summed E-state index contributed by atoms with van der Waals surface area (Å²) < 4.78 is 14.5. The maximum atomic E-state index is 12.0. The van der Waals surface area contributed by atoms with Crippen LogP contribution in [-0.2, 0) is 19.1 Å². The predicted molar refractivity (Wildman–Crippen MR) is 91.8 cm³/mol. The highest BCUT2D eigenvalue weighted by atomic mass is 16.6. The minimum Gasteiger partial charge on any atom is -0.504 e. The van der Waals surface area contributed by atoms with Gasteiger partial charge in [-0.25, -0.2) is 9.59 Å². The van der Waals surface area contributed by atoms with Crippen molar-refractivity contribution in [3.8, 4) is 11.5 Å². The van der Waals surface area contributed by atoms with Crippen LogP contribution in [0.3, 0.4) is 0 Å². The molecule has 0 saturated heterocycles. The first-order valence-corrected chi connectivity index (χ1v) is 8.13. The van der Waals surface area contributed by atoms with Gasteiger partial charge in [0.2, 0.25) is 0 Å². The number of aromatic hydroxyl groups is 1. The predicted octanol–water partition coefficient (Wildman–Crippen LogP) is -0.255. The summed E-state index contributed by atoms with van der Waals surface area (Å²) in [6.07, 6.45) is -2.61. The van der Waals surface area contributed by atoms with Gasteiger partial charge in [0, 0.05) is 18.9 Å². The van der Waals surface area contributed by atoms with Gasteiger partial charge in [-0.2, -0.15) is 0 Å². The van der Waals surface area contributed by atoms with Gasteiger partial charge < -0.3 is 34.6 Å². The lowest BCUT2D eigenvalue weighted by Gasteiger charge is -2.39. The zero-order valence-electron chi connectivity index (χ0n) is 14.9. The number of carbonyl (C=O) groups is 2. The number of phenolic OH excluding ortho intramolecular Hbond substituents is 1. The van der Waals surface area contributed by atoms with Gasteiger partial charge in [0.15, 0.2) is 17.1 Å². The third-order valence-corrected chi connectivity index (χ3v) is 4.31. The number of hydrogen-bond donors (Lipinski definition) is 4. The first-order valence-electron chi connectivity index (χ1n) is 8.13. The lowest BCUT2D eigenvalue weighted by molar-refractivity contribution is -0.198. The Morgan fingerprint density at radius 2 is 1.93 bits per heavy atom. The van der Waals surface area contributed by atoms with Gasteiger partial charge in [-0.1, -0.05) is 6.07 Å². The smallest absolute Gasteiger partial charge is 0.338 e. The average molecular weight is 382 g/mol. The Morgan fingerprint density at radius 1 is 1.22 bits per heavy atom. The van der Waals surface area contributed by atoms with E-state index in [-0.39, 0.29) is 11.5 Å². The number of rotatable bonds is 5. The molecule has 4 N–H and O–H groups in total. The van der Waals surface area contributed by atoms with E-state index in [2.05, 4.69) is 4.74 Å². The highest BCUT2D eigenvalue weighted by Crippen LogP contribution is 2.32. The zero-order valence-corrected chi connectivity index (χ0v) is 14.9. The van der Waals surface area contributed by atoms with Gasteiger partial charge in [0.1, 0.15) is 12.2 Å². The molecule has 0 aliphatic heterocycles. The largest absolute Gasteiger partial charge is 0.504 e. The van der Waals surface area contributed by atoms with Crippen LogP contribution in [-0.4, -0.2) is 70.5 Å². The van der Waals surface area contributed by atoms with E-state index in [1.54, 1.807) is 0 Å². The second-order valence-electron chi connectivity index (χ2n) is 6.23. The van der Waals surface area contributed by atoms with Crippen molar-refractivity contribution in [3.05, 3.63) is 29.8 Å². The molecule has 0 heterocycles. The lowest BCUT2D eigenvalue weighted by Crippen LogP contribution is -2.57. The number of phenols is 1. The average Bonchev–Trinajstić information content (AvgIpc) is 2.64. The minimum absolute atomic E-state index is 0.0568. The molecule has 1 aliphatic carbocycles. The number of hydrogen-bond acceptors (Lipinski definition) is 9. The molecule has 9 heteroatoms. The fourth-order valence-electron chi connectivity index (χ4n) is 2.87. The Kier molecular flexibility index (Phi) is 6.42. The van der Waals surface area contributed by atoms with Crippen molar-refractivity contribution in [2.24, 2.45) is 0 Å². The lowest BCUT2D eigenvalue weighted by atomic mass is 9.79. The summed E-state index contributed by atoms with van der Waals surface area (Å²) in [6, 6.07) is 4.42. The zero-order chi connectivity index (χ0) is 20.2. The van der Waals surface area contributed by atoms with E-state index in [0.717, 1.165) is 13.2 Å². The van der Waals surface area contributed by atoms with Gasteiger partial charge in [-0.3, -0.25) is 0 Å². The summed E-state index contributed by atoms with van der Waals surface area (Å²) in [7, 11) is 2.46. The molecule has 148 valence electrons. The van der Waals surface area contributed by atoms with Crippen molar-refractivity contribution in [1.29, 1.82) is 0 Å². The maximum Gasteiger partial charge on any atom is 0.338 e. The fourth-order valence-corrected chi connectivity index (χ4v) is 2.87. The summed E-state index contributed by atoms with van der Waals surface area (Å²) >= 11 is 0. The molecule has 1 fully saturated rings. The molecule has 1 aromatic rings. The topological polar surface area (TPSA) is 143 Å². The van der Waals surface area contributed by atoms with Crippen molar-refractivity contribution < 1.29 is 44.2 Å². The van der Waals surface area contributed by atoms with E-state index >= 15 is 0 Å². The third-order valence-electron chi connectivity index (χ3n) is 4.31. The third kappa shape index (κ3) is 4.76. The van der Waals surface area contributed by atoms with E-state index in [4.69, 9.17) is 9.47 Å². The summed E-state index contributed by atoms with van der Waals surface area (Å²) in [5, 5.41) is 39.7. The van der Waals surface area contributed by atoms with Crippen molar-refractivity contribution in [1.82, 2.24) is 0 Å². The van der Waals surface area contributed by atoms with Crippen molar-refractivity contribution in [2.75, 3.05) is 14.2 Å². The highest BCUT2D eigenvalue weighted by molar-refractivity contribution is 5.87. The molecule has 4 atom stereocenters. The molecular formula is C18H22O9. The number of ether oxygens (including phenoxy) is 3. The Labute approximate surface area is 155 Å². The second-order valence-corrected chi connectivity index (χ2v) is 6.23. The van der Waals surface area contributed by atoms with E-state index in [0.29, 0.717) is 5.56 Å². The number of aliphatic hydroxyl groups is 3. The molecule has 9 nitrogen and oxygen atoms in total. The van der Waals surface area contributed by atoms with Crippen molar-refractivity contribution in [3.63, 3.8) is 0 Å². The Bertz CT molecular complexity index is 730. The Hall–Kier alpha value is -2.62. The van der Waals surface area contributed by atoms with Gasteiger partial charge in [0.25, 0.3) is 0 Å². The van der Waals surface area contributed by atoms with Crippen LogP contribution < -0.4 is 4.74 Å². The van der Waals surface area contributed by atoms with Crippen LogP contribution in [0.4, 0.5) is 0 Å². The van der Waals surface area contributed by atoms with E-state index < -0.39 is 48.7 Å². The van der Waals surface area contributed by atoms with Crippen LogP contribution in [0.15, 0.2) is 24.3 Å². The van der Waals surface area contributed by atoms with Crippen LogP contribution >= 0.6 is 0 Å². The number of methoxy groups -OCH3 is 2. The summed E-state index contributed by atoms with van der Waals surface area (Å²) in [5.41, 5.74) is -1.52. The summed E-state index contributed by atoms with van der Waals surface area (Å²) in [4.78, 5) is 23.7. The normalized spacial score (nSPS) is 28.0. The Morgan fingerprint density at radius 3 is 2.56 bits per heavy atom. The molecule has 0 spiro atoms. The maximum absolute atomic E-state index is 12.0. The van der Waals surface area contributed by atoms with Gasteiger partial charge in [0.05, 0.1) is 20.3 Å². The summed E-state index contributed by atoms with van der Waals surface area (Å²) in [5.74, 6) is -1.67. The van der Waals surface area contributed by atoms with Gasteiger partial charge in [-0.05, 0) is 23.8 Å². The fraction of sp³-hybridized carbons (Fsp3) is 0.444. The quantitative estimate of drug-likeness (QED) is 0.400. The van der Waals surface area contributed by atoms with Crippen LogP contribution in [0.5, 0.6) is 11.5 Å².